The number of thiophene rings is 1. The minimum Gasteiger partial charge on any atom is -0.299 e. The molecule has 2 aromatic heterocycles. The first kappa shape index (κ1) is 16.7. The van der Waals surface area contributed by atoms with Crippen molar-refractivity contribution in [2.75, 3.05) is 13.1 Å². The van der Waals surface area contributed by atoms with Crippen LogP contribution in [0.15, 0.2) is 26.4 Å². The highest BCUT2D eigenvalue weighted by Crippen LogP contribution is 2.41. The van der Waals surface area contributed by atoms with Crippen LogP contribution < -0.4 is 11.1 Å². The predicted octanol–water partition coefficient (Wildman–Crippen LogP) is 1.98. The molecular formula is C18H24N4O2S. The Labute approximate surface area is 150 Å². The minimum atomic E-state index is -0.495. The van der Waals surface area contributed by atoms with Gasteiger partial charge < -0.3 is 0 Å². The van der Waals surface area contributed by atoms with Gasteiger partial charge in [-0.15, -0.1) is 0 Å². The zero-order valence-corrected chi connectivity index (χ0v) is 15.6. The van der Waals surface area contributed by atoms with Gasteiger partial charge in [-0.25, -0.2) is 4.68 Å². The second kappa shape index (κ2) is 6.21. The number of hydrogen-bond donors (Lipinski definition) is 0. The number of aromatic nitrogens is 3. The van der Waals surface area contributed by atoms with E-state index in [1.54, 1.807) is 15.9 Å². The molecule has 25 heavy (non-hydrogen) atoms. The smallest absolute Gasteiger partial charge is 0.299 e. The summed E-state index contributed by atoms with van der Waals surface area (Å²) >= 11 is 1.74. The quantitative estimate of drug-likeness (QED) is 0.786. The Morgan fingerprint density at radius 3 is 2.52 bits per heavy atom. The third kappa shape index (κ3) is 2.79. The molecule has 0 bridgehead atoms. The number of rotatable bonds is 3. The van der Waals surface area contributed by atoms with E-state index in [2.05, 4.69) is 26.8 Å². The van der Waals surface area contributed by atoms with Crippen molar-refractivity contribution in [3.63, 3.8) is 0 Å². The molecule has 4 heterocycles. The van der Waals surface area contributed by atoms with E-state index < -0.39 is 11.1 Å². The number of piperidine rings is 1. The van der Waals surface area contributed by atoms with Crippen LogP contribution in [0.3, 0.4) is 0 Å². The van der Waals surface area contributed by atoms with Crippen molar-refractivity contribution in [2.45, 2.75) is 57.7 Å². The molecule has 0 N–H and O–H groups in total. The van der Waals surface area contributed by atoms with Gasteiger partial charge in [-0.05, 0) is 68.6 Å². The van der Waals surface area contributed by atoms with Crippen molar-refractivity contribution in [1.82, 2.24) is 19.2 Å². The molecule has 0 unspecified atom stereocenters. The van der Waals surface area contributed by atoms with E-state index in [9.17, 15) is 9.59 Å². The van der Waals surface area contributed by atoms with E-state index >= 15 is 0 Å². The monoisotopic (exact) mass is 360 g/mol. The van der Waals surface area contributed by atoms with E-state index in [0.717, 1.165) is 44.7 Å². The molecule has 0 radical (unpaired) electrons. The van der Waals surface area contributed by atoms with Crippen LogP contribution in [-0.2, 0) is 18.5 Å². The maximum Gasteiger partial charge on any atom is 0.332 e. The summed E-state index contributed by atoms with van der Waals surface area (Å²) in [5, 5.41) is 8.97. The fourth-order valence-electron chi connectivity index (χ4n) is 4.15. The van der Waals surface area contributed by atoms with Gasteiger partial charge in [0.15, 0.2) is 0 Å². The predicted molar refractivity (Wildman–Crippen MR) is 98.3 cm³/mol. The lowest BCUT2D eigenvalue weighted by Gasteiger charge is -2.38. The van der Waals surface area contributed by atoms with Crippen LogP contribution in [0.2, 0.25) is 0 Å². The topological polar surface area (TPSA) is 60.1 Å². The Morgan fingerprint density at radius 2 is 1.88 bits per heavy atom. The van der Waals surface area contributed by atoms with Gasteiger partial charge >= 0.3 is 11.1 Å². The van der Waals surface area contributed by atoms with Gasteiger partial charge in [0.05, 0.1) is 6.04 Å². The molecule has 2 aliphatic heterocycles. The highest BCUT2D eigenvalue weighted by Gasteiger charge is 2.44. The third-order valence-corrected chi connectivity index (χ3v) is 6.40. The lowest BCUT2D eigenvalue weighted by molar-refractivity contribution is 0.148. The van der Waals surface area contributed by atoms with Gasteiger partial charge in [0, 0.05) is 18.5 Å². The minimum absolute atomic E-state index is 0.0470. The molecule has 1 fully saturated rings. The van der Waals surface area contributed by atoms with E-state index in [0.29, 0.717) is 6.54 Å². The van der Waals surface area contributed by atoms with Crippen LogP contribution in [0.5, 0.6) is 0 Å². The van der Waals surface area contributed by atoms with Crippen molar-refractivity contribution >= 4 is 11.3 Å². The molecule has 1 spiro atoms. The molecule has 0 amide bonds. The molecule has 4 rings (SSSR count). The fraction of sp³-hybridized carbons (Fsp3) is 0.611. The highest BCUT2D eigenvalue weighted by molar-refractivity contribution is 7.07. The molecule has 0 aromatic carbocycles. The van der Waals surface area contributed by atoms with Crippen LogP contribution >= 0.6 is 11.3 Å². The first-order valence-electron chi connectivity index (χ1n) is 8.98. The Kier molecular flexibility index (Phi) is 4.16. The van der Waals surface area contributed by atoms with Crippen molar-refractivity contribution in [3.8, 4) is 0 Å². The third-order valence-electron chi connectivity index (χ3n) is 5.67. The number of likely N-dealkylation sites (tertiary alicyclic amines) is 1. The Bertz CT molecular complexity index is 873. The van der Waals surface area contributed by atoms with Crippen LogP contribution in [0.4, 0.5) is 0 Å². The average Bonchev–Trinajstić information content (AvgIpc) is 3.22. The number of fused-ring (bicyclic) bond motifs is 2. The zero-order chi connectivity index (χ0) is 17.6. The summed E-state index contributed by atoms with van der Waals surface area (Å²) in [5.41, 5.74) is 0.423. The number of hydrogen-bond acceptors (Lipinski definition) is 5. The van der Waals surface area contributed by atoms with Crippen molar-refractivity contribution in [1.29, 1.82) is 0 Å². The molecule has 6 nitrogen and oxygen atoms in total. The van der Waals surface area contributed by atoms with Gasteiger partial charge in [-0.1, -0.05) is 0 Å². The van der Waals surface area contributed by atoms with Gasteiger partial charge in [0.2, 0.25) is 0 Å². The Hall–Kier alpha value is -1.73. The number of nitrogens with zero attached hydrogens (tertiary/aromatic N) is 4. The van der Waals surface area contributed by atoms with Gasteiger partial charge in [-0.2, -0.15) is 16.4 Å². The lowest BCUT2D eigenvalue weighted by atomic mass is 9.76. The van der Waals surface area contributed by atoms with Gasteiger partial charge in [-0.3, -0.25) is 19.1 Å². The Morgan fingerprint density at radius 1 is 1.16 bits per heavy atom. The first-order chi connectivity index (χ1) is 12.0. The van der Waals surface area contributed by atoms with Gasteiger partial charge in [0.25, 0.3) is 0 Å². The standard InChI is InChI=1S/C18H24N4O2S/c1-13(2)22-16(24)15(23)21-9-6-18(17(21)19-22)4-7-20(8-5-18)11-14-3-10-25-12-14/h3,10,12-13H,4-9,11H2,1-2H3. The van der Waals surface area contributed by atoms with E-state index in [1.165, 1.54) is 10.2 Å². The summed E-state index contributed by atoms with van der Waals surface area (Å²) in [6, 6.07) is 2.09. The summed E-state index contributed by atoms with van der Waals surface area (Å²) in [7, 11) is 0. The molecule has 0 saturated carbocycles. The molecule has 1 saturated heterocycles. The molecule has 0 aliphatic carbocycles. The maximum absolute atomic E-state index is 12.5. The molecule has 134 valence electrons. The summed E-state index contributed by atoms with van der Waals surface area (Å²) in [6.45, 7) is 7.43. The van der Waals surface area contributed by atoms with E-state index in [4.69, 9.17) is 0 Å². The average molecular weight is 360 g/mol. The van der Waals surface area contributed by atoms with Gasteiger partial charge in [0.1, 0.15) is 5.82 Å². The normalized spacial score (nSPS) is 19.6. The lowest BCUT2D eigenvalue weighted by Crippen LogP contribution is -2.47. The summed E-state index contributed by atoms with van der Waals surface area (Å²) in [4.78, 5) is 27.2. The van der Waals surface area contributed by atoms with Crippen molar-refractivity contribution in [3.05, 3.63) is 48.9 Å². The zero-order valence-electron chi connectivity index (χ0n) is 14.8. The molecule has 2 aromatic rings. The second-order valence-electron chi connectivity index (χ2n) is 7.56. The van der Waals surface area contributed by atoms with Crippen LogP contribution in [0.25, 0.3) is 0 Å². The molecule has 2 aliphatic rings. The van der Waals surface area contributed by atoms with Crippen molar-refractivity contribution in [2.24, 2.45) is 0 Å². The van der Waals surface area contributed by atoms with E-state index in [-0.39, 0.29) is 11.5 Å². The fourth-order valence-corrected chi connectivity index (χ4v) is 4.81. The molecular weight excluding hydrogens is 336 g/mol. The largest absolute Gasteiger partial charge is 0.332 e. The van der Waals surface area contributed by atoms with Crippen LogP contribution in [0, 0.1) is 0 Å². The Balaban J connectivity index is 1.60. The van der Waals surface area contributed by atoms with Crippen molar-refractivity contribution < 1.29 is 0 Å². The van der Waals surface area contributed by atoms with Crippen LogP contribution in [0.1, 0.15) is 50.5 Å². The first-order valence-corrected chi connectivity index (χ1v) is 9.92. The summed E-state index contributed by atoms with van der Waals surface area (Å²) in [6.07, 6.45) is 2.92. The molecule has 0 atom stereocenters. The SMILES string of the molecule is CC(C)n1nc2n(c(=O)c1=O)CCC21CCN(Cc2ccsc2)CC1. The van der Waals surface area contributed by atoms with Crippen LogP contribution in [-0.4, -0.2) is 32.3 Å². The summed E-state index contributed by atoms with van der Waals surface area (Å²) in [5.74, 6) is 0.834. The highest BCUT2D eigenvalue weighted by atomic mass is 32.1. The summed E-state index contributed by atoms with van der Waals surface area (Å²) < 4.78 is 3.01. The van der Waals surface area contributed by atoms with E-state index in [1.807, 2.05) is 13.8 Å². The maximum atomic E-state index is 12.5. The molecule has 7 heteroatoms. The second-order valence-corrected chi connectivity index (χ2v) is 8.34.